The Kier molecular flexibility index (Phi) is 9.54. The lowest BCUT2D eigenvalue weighted by molar-refractivity contribution is -0.146. The monoisotopic (exact) mass is 448 g/mol. The van der Waals surface area contributed by atoms with Gasteiger partial charge >= 0.3 is 5.97 Å². The first-order valence-corrected chi connectivity index (χ1v) is 10.9. The van der Waals surface area contributed by atoms with Crippen molar-refractivity contribution in [3.8, 4) is 0 Å². The molecular weight excluding hydrogens is 420 g/mol. The van der Waals surface area contributed by atoms with Crippen molar-refractivity contribution in [3.05, 3.63) is 45.2 Å². The normalized spacial score (nSPS) is 11.6. The molecule has 31 heavy (non-hydrogen) atoms. The molecule has 0 spiro atoms. The topological polar surface area (TPSA) is 120 Å². The summed E-state index contributed by atoms with van der Waals surface area (Å²) in [4.78, 5) is 46.7. The summed E-state index contributed by atoms with van der Waals surface area (Å²) in [5.74, 6) is -0.916. The molecule has 0 aromatic carbocycles. The zero-order valence-electron chi connectivity index (χ0n) is 18.2. The van der Waals surface area contributed by atoms with Gasteiger partial charge in [0.1, 0.15) is 11.9 Å². The number of hydrogen-bond acceptors (Lipinski definition) is 8. The maximum atomic E-state index is 12.9. The van der Waals surface area contributed by atoms with Gasteiger partial charge in [-0.2, -0.15) is 0 Å². The van der Waals surface area contributed by atoms with E-state index < -0.39 is 17.9 Å². The van der Waals surface area contributed by atoms with E-state index in [1.54, 1.807) is 38.3 Å². The first kappa shape index (κ1) is 24.4. The Morgan fingerprint density at radius 2 is 1.81 bits per heavy atom. The minimum atomic E-state index is -1.07. The van der Waals surface area contributed by atoms with Gasteiger partial charge in [-0.05, 0) is 39.1 Å². The van der Waals surface area contributed by atoms with Crippen LogP contribution in [0.25, 0.3) is 0 Å². The Bertz CT molecular complexity index is 878. The Hall–Kier alpha value is -2.85. The van der Waals surface area contributed by atoms with Crippen molar-refractivity contribution < 1.29 is 23.9 Å². The summed E-state index contributed by atoms with van der Waals surface area (Å²) in [7, 11) is 0. The van der Waals surface area contributed by atoms with Gasteiger partial charge in [0.15, 0.2) is 0 Å². The first-order valence-electron chi connectivity index (χ1n) is 10.0. The smallest absolute Gasteiger partial charge is 0.330 e. The highest BCUT2D eigenvalue weighted by atomic mass is 32.1. The Morgan fingerprint density at radius 1 is 1.10 bits per heavy atom. The maximum Gasteiger partial charge on any atom is 0.330 e. The Balaban J connectivity index is 2.07. The molecule has 0 aliphatic heterocycles. The van der Waals surface area contributed by atoms with E-state index in [4.69, 9.17) is 9.47 Å². The van der Waals surface area contributed by atoms with Crippen LogP contribution in [0.3, 0.4) is 0 Å². The van der Waals surface area contributed by atoms with Crippen LogP contribution in [0, 0.1) is 20.8 Å². The van der Waals surface area contributed by atoms with Crippen molar-refractivity contribution in [2.45, 2.75) is 40.2 Å². The summed E-state index contributed by atoms with van der Waals surface area (Å²) in [6.45, 7) is 8.12. The number of thiophene rings is 1. The molecule has 2 N–H and O–H groups in total. The molecule has 0 bridgehead atoms. The van der Waals surface area contributed by atoms with Crippen LogP contribution in [0.2, 0.25) is 0 Å². The van der Waals surface area contributed by atoms with Crippen molar-refractivity contribution in [1.82, 2.24) is 20.6 Å². The second-order valence-electron chi connectivity index (χ2n) is 6.75. The van der Waals surface area contributed by atoms with E-state index in [0.29, 0.717) is 47.3 Å². The SMILES string of the molecule is CCOCCCOC(=O)[C@H](CNC(=O)c1cccs1)NC(=O)c1c(C)nc(C)nc1C. The van der Waals surface area contributed by atoms with Crippen LogP contribution in [0.5, 0.6) is 0 Å². The summed E-state index contributed by atoms with van der Waals surface area (Å²) < 4.78 is 10.5. The van der Waals surface area contributed by atoms with Crippen LogP contribution < -0.4 is 10.6 Å². The summed E-state index contributed by atoms with van der Waals surface area (Å²) >= 11 is 1.28. The van der Waals surface area contributed by atoms with Crippen molar-refractivity contribution >= 4 is 29.1 Å². The van der Waals surface area contributed by atoms with E-state index in [1.165, 1.54) is 11.3 Å². The molecule has 9 nitrogen and oxygen atoms in total. The molecule has 2 aromatic rings. The molecular formula is C21H28N4O5S. The third kappa shape index (κ3) is 7.41. The summed E-state index contributed by atoms with van der Waals surface area (Å²) in [5, 5.41) is 7.10. The van der Waals surface area contributed by atoms with Crippen LogP contribution in [-0.2, 0) is 14.3 Å². The van der Waals surface area contributed by atoms with Crippen molar-refractivity contribution in [1.29, 1.82) is 0 Å². The molecule has 2 aromatic heterocycles. The highest BCUT2D eigenvalue weighted by Gasteiger charge is 2.26. The average Bonchev–Trinajstić information content (AvgIpc) is 3.24. The summed E-state index contributed by atoms with van der Waals surface area (Å²) in [6, 6.07) is 2.37. The number of ether oxygens (including phenoxy) is 2. The van der Waals surface area contributed by atoms with Gasteiger partial charge in [0.25, 0.3) is 11.8 Å². The minimum Gasteiger partial charge on any atom is -0.464 e. The van der Waals surface area contributed by atoms with Gasteiger partial charge < -0.3 is 20.1 Å². The molecule has 0 fully saturated rings. The third-order valence-corrected chi connectivity index (χ3v) is 5.16. The third-order valence-electron chi connectivity index (χ3n) is 4.29. The predicted octanol–water partition coefficient (Wildman–Crippen LogP) is 1.96. The Labute approximate surface area is 185 Å². The molecule has 0 unspecified atom stereocenters. The van der Waals surface area contributed by atoms with Crippen molar-refractivity contribution in [2.75, 3.05) is 26.4 Å². The van der Waals surface area contributed by atoms with Crippen molar-refractivity contribution in [3.63, 3.8) is 0 Å². The zero-order valence-corrected chi connectivity index (χ0v) is 19.0. The number of hydrogen-bond donors (Lipinski definition) is 2. The zero-order chi connectivity index (χ0) is 22.8. The number of esters is 1. The van der Waals surface area contributed by atoms with Gasteiger partial charge in [-0.15, -0.1) is 11.3 Å². The molecule has 2 heterocycles. The lowest BCUT2D eigenvalue weighted by atomic mass is 10.1. The fourth-order valence-corrected chi connectivity index (χ4v) is 3.54. The van der Waals surface area contributed by atoms with Gasteiger partial charge in [-0.25, -0.2) is 14.8 Å². The van der Waals surface area contributed by atoms with Gasteiger partial charge in [-0.1, -0.05) is 6.07 Å². The number of rotatable bonds is 11. The molecule has 0 aliphatic carbocycles. The van der Waals surface area contributed by atoms with Crippen LogP contribution in [0.15, 0.2) is 17.5 Å². The minimum absolute atomic E-state index is 0.114. The number of nitrogens with zero attached hydrogens (tertiary/aromatic N) is 2. The summed E-state index contributed by atoms with van der Waals surface area (Å²) in [6.07, 6.45) is 0.534. The molecule has 0 saturated heterocycles. The largest absolute Gasteiger partial charge is 0.464 e. The predicted molar refractivity (Wildman–Crippen MR) is 116 cm³/mol. The fraction of sp³-hybridized carbons (Fsp3) is 0.476. The van der Waals surface area contributed by atoms with Crippen LogP contribution in [-0.4, -0.2) is 60.2 Å². The number of carbonyl (C=O) groups excluding carboxylic acids is 3. The van der Waals surface area contributed by atoms with Gasteiger partial charge in [0, 0.05) is 26.2 Å². The van der Waals surface area contributed by atoms with E-state index in [0.717, 1.165) is 0 Å². The second kappa shape index (κ2) is 12.1. The number of aromatic nitrogens is 2. The van der Waals surface area contributed by atoms with E-state index >= 15 is 0 Å². The highest BCUT2D eigenvalue weighted by Crippen LogP contribution is 2.11. The quantitative estimate of drug-likeness (QED) is 0.398. The van der Waals surface area contributed by atoms with Gasteiger partial charge in [0.05, 0.1) is 28.4 Å². The molecule has 0 aliphatic rings. The number of aryl methyl sites for hydroxylation is 3. The number of amides is 2. The number of carbonyl (C=O) groups is 3. The summed E-state index contributed by atoms with van der Waals surface area (Å²) in [5.41, 5.74) is 1.31. The molecule has 0 radical (unpaired) electrons. The first-order chi connectivity index (χ1) is 14.8. The second-order valence-corrected chi connectivity index (χ2v) is 7.70. The Morgan fingerprint density at radius 3 is 2.42 bits per heavy atom. The molecule has 2 rings (SSSR count). The fourth-order valence-electron chi connectivity index (χ4n) is 2.90. The van der Waals surface area contributed by atoms with Gasteiger partial charge in [-0.3, -0.25) is 9.59 Å². The average molecular weight is 449 g/mol. The molecule has 0 saturated carbocycles. The lowest BCUT2D eigenvalue weighted by Gasteiger charge is -2.19. The maximum absolute atomic E-state index is 12.9. The van der Waals surface area contributed by atoms with E-state index in [9.17, 15) is 14.4 Å². The lowest BCUT2D eigenvalue weighted by Crippen LogP contribution is -2.49. The van der Waals surface area contributed by atoms with E-state index in [2.05, 4.69) is 20.6 Å². The standard InChI is InChI=1S/C21H28N4O5S/c1-5-29-9-7-10-30-21(28)16(12-22-19(26)17-8-6-11-31-17)25-20(27)18-13(2)23-15(4)24-14(18)3/h6,8,11,16H,5,7,9-10,12H2,1-4H3,(H,22,26)(H,25,27)/t16-/m0/s1. The molecule has 10 heteroatoms. The highest BCUT2D eigenvalue weighted by molar-refractivity contribution is 7.12. The van der Waals surface area contributed by atoms with Gasteiger partial charge in [0.2, 0.25) is 0 Å². The van der Waals surface area contributed by atoms with E-state index in [1.807, 2.05) is 6.92 Å². The molecule has 1 atom stereocenters. The van der Waals surface area contributed by atoms with Crippen LogP contribution in [0.4, 0.5) is 0 Å². The van der Waals surface area contributed by atoms with Crippen LogP contribution in [0.1, 0.15) is 50.6 Å². The molecule has 168 valence electrons. The van der Waals surface area contributed by atoms with Crippen molar-refractivity contribution in [2.24, 2.45) is 0 Å². The number of nitrogens with one attached hydrogen (secondary N) is 2. The van der Waals surface area contributed by atoms with E-state index in [-0.39, 0.29) is 19.1 Å². The van der Waals surface area contributed by atoms with Crippen LogP contribution >= 0.6 is 11.3 Å². The molecule has 2 amide bonds.